The zero-order valence-corrected chi connectivity index (χ0v) is 19.4. The van der Waals surface area contributed by atoms with Crippen LogP contribution in [0.15, 0.2) is 54.6 Å². The van der Waals surface area contributed by atoms with E-state index in [9.17, 15) is 14.4 Å². The number of benzene rings is 2. The highest BCUT2D eigenvalue weighted by Gasteiger charge is 2.59. The minimum Gasteiger partial charge on any atom is -0.494 e. The molecule has 2 bridgehead atoms. The molecule has 172 valence electrons. The van der Waals surface area contributed by atoms with Gasteiger partial charge in [-0.2, -0.15) is 0 Å². The van der Waals surface area contributed by atoms with Crippen molar-refractivity contribution in [2.24, 2.45) is 23.7 Å². The first-order valence-electron chi connectivity index (χ1n) is 11.5. The molecule has 3 aromatic rings. The molecule has 7 nitrogen and oxygen atoms in total. The molecule has 4 atom stereocenters. The van der Waals surface area contributed by atoms with Gasteiger partial charge in [-0.15, -0.1) is 0 Å². The lowest BCUT2D eigenvalue weighted by molar-refractivity contribution is -0.123. The maximum atomic E-state index is 13.0. The fraction of sp³-hybridized carbons (Fsp3) is 0.308. The fourth-order valence-corrected chi connectivity index (χ4v) is 6.39. The number of hydrogen-bond acceptors (Lipinski definition) is 6. The average Bonchev–Trinajstić information content (AvgIpc) is 3.58. The molecule has 1 saturated heterocycles. The van der Waals surface area contributed by atoms with E-state index in [1.54, 1.807) is 24.3 Å². The standard InChI is InChI=1S/C26H23N3O4S/c1-2-33-18-9-10-19-20(13-18)34-26(27-19)28-21(30)11-14-3-7-17(8-4-14)29-24(31)22-15-5-6-16(12-15)23(22)25(29)32/h3-10,13,15-16,22-23H,2,11-12H2,1H3,(H,27,28,30). The summed E-state index contributed by atoms with van der Waals surface area (Å²) < 4.78 is 6.46. The maximum Gasteiger partial charge on any atom is 0.238 e. The predicted molar refractivity (Wildman–Crippen MR) is 130 cm³/mol. The van der Waals surface area contributed by atoms with E-state index in [1.807, 2.05) is 25.1 Å². The van der Waals surface area contributed by atoms with Crippen molar-refractivity contribution < 1.29 is 19.1 Å². The molecule has 2 aromatic carbocycles. The second-order valence-electron chi connectivity index (χ2n) is 8.98. The summed E-state index contributed by atoms with van der Waals surface area (Å²) in [5.74, 6) is 0.348. The van der Waals surface area contributed by atoms with Crippen LogP contribution in [0.4, 0.5) is 10.8 Å². The van der Waals surface area contributed by atoms with Crippen molar-refractivity contribution in [3.05, 3.63) is 60.2 Å². The van der Waals surface area contributed by atoms with Gasteiger partial charge < -0.3 is 10.1 Å². The molecular weight excluding hydrogens is 450 g/mol. The number of thiazole rings is 1. The van der Waals surface area contributed by atoms with E-state index in [-0.39, 0.29) is 47.8 Å². The Labute approximate surface area is 200 Å². The van der Waals surface area contributed by atoms with E-state index in [0.29, 0.717) is 17.4 Å². The van der Waals surface area contributed by atoms with E-state index in [0.717, 1.165) is 28.0 Å². The van der Waals surface area contributed by atoms with Gasteiger partial charge in [0, 0.05) is 0 Å². The molecule has 2 heterocycles. The van der Waals surface area contributed by atoms with Gasteiger partial charge in [-0.3, -0.25) is 19.3 Å². The van der Waals surface area contributed by atoms with Crippen molar-refractivity contribution in [2.45, 2.75) is 19.8 Å². The van der Waals surface area contributed by atoms with E-state index in [4.69, 9.17) is 4.74 Å². The Morgan fingerprint density at radius 2 is 1.79 bits per heavy atom. The lowest BCUT2D eigenvalue weighted by atomic mass is 9.85. The average molecular weight is 474 g/mol. The molecule has 6 rings (SSSR count). The van der Waals surface area contributed by atoms with Crippen molar-refractivity contribution in [1.82, 2.24) is 4.98 Å². The first-order valence-corrected chi connectivity index (χ1v) is 12.3. The summed E-state index contributed by atoms with van der Waals surface area (Å²) >= 11 is 1.40. The van der Waals surface area contributed by atoms with Crippen LogP contribution in [0.2, 0.25) is 0 Å². The highest BCUT2D eigenvalue weighted by Crippen LogP contribution is 2.53. The van der Waals surface area contributed by atoms with E-state index in [2.05, 4.69) is 22.5 Å². The molecule has 0 spiro atoms. The molecule has 2 aliphatic carbocycles. The largest absolute Gasteiger partial charge is 0.494 e. The van der Waals surface area contributed by atoms with Gasteiger partial charge >= 0.3 is 0 Å². The van der Waals surface area contributed by atoms with Gasteiger partial charge in [0.15, 0.2) is 5.13 Å². The number of ether oxygens (including phenoxy) is 1. The zero-order valence-electron chi connectivity index (χ0n) is 18.6. The third kappa shape index (κ3) is 3.40. The number of hydrogen-bond donors (Lipinski definition) is 1. The number of carbonyl (C=O) groups is 3. The highest BCUT2D eigenvalue weighted by molar-refractivity contribution is 7.22. The molecule has 1 aromatic heterocycles. The van der Waals surface area contributed by atoms with E-state index >= 15 is 0 Å². The summed E-state index contributed by atoms with van der Waals surface area (Å²) in [6.07, 6.45) is 5.26. The predicted octanol–water partition coefficient (Wildman–Crippen LogP) is 4.19. The van der Waals surface area contributed by atoms with Gasteiger partial charge in [-0.25, -0.2) is 4.98 Å². The maximum absolute atomic E-state index is 13.0. The van der Waals surface area contributed by atoms with Crippen molar-refractivity contribution in [2.75, 3.05) is 16.8 Å². The van der Waals surface area contributed by atoms with Crippen LogP contribution in [0, 0.1) is 23.7 Å². The molecule has 1 saturated carbocycles. The summed E-state index contributed by atoms with van der Waals surface area (Å²) in [6.45, 7) is 2.52. The fourth-order valence-electron chi connectivity index (χ4n) is 5.48. The van der Waals surface area contributed by atoms with Crippen LogP contribution in [0.3, 0.4) is 0 Å². The van der Waals surface area contributed by atoms with Crippen molar-refractivity contribution in [3.8, 4) is 5.75 Å². The topological polar surface area (TPSA) is 88.6 Å². The monoisotopic (exact) mass is 473 g/mol. The number of fused-ring (bicyclic) bond motifs is 6. The molecule has 8 heteroatoms. The van der Waals surface area contributed by atoms with Crippen LogP contribution in [0.1, 0.15) is 18.9 Å². The molecule has 1 N–H and O–H groups in total. The zero-order chi connectivity index (χ0) is 23.4. The second kappa shape index (κ2) is 8.06. The van der Waals surface area contributed by atoms with Gasteiger partial charge in [0.1, 0.15) is 5.75 Å². The van der Waals surface area contributed by atoms with Crippen LogP contribution in [0.5, 0.6) is 5.75 Å². The van der Waals surface area contributed by atoms with Crippen molar-refractivity contribution in [3.63, 3.8) is 0 Å². The number of imide groups is 1. The molecule has 0 radical (unpaired) electrons. The lowest BCUT2D eigenvalue weighted by Gasteiger charge is -2.17. The number of amides is 3. The number of nitrogens with one attached hydrogen (secondary N) is 1. The molecule has 3 amide bonds. The Balaban J connectivity index is 1.12. The Bertz CT molecular complexity index is 1320. The van der Waals surface area contributed by atoms with Crippen molar-refractivity contribution in [1.29, 1.82) is 0 Å². The minimum atomic E-state index is -0.216. The number of carbonyl (C=O) groups excluding carboxylic acids is 3. The normalized spacial score (nSPS) is 24.8. The number of aromatic nitrogens is 1. The summed E-state index contributed by atoms with van der Waals surface area (Å²) in [4.78, 5) is 44.4. The third-order valence-corrected chi connectivity index (χ3v) is 7.88. The van der Waals surface area contributed by atoms with Crippen molar-refractivity contribution >= 4 is 50.1 Å². The van der Waals surface area contributed by atoms with Gasteiger partial charge in [-0.1, -0.05) is 35.6 Å². The second-order valence-corrected chi connectivity index (χ2v) is 10.0. The minimum absolute atomic E-state index is 0.0966. The molecule has 34 heavy (non-hydrogen) atoms. The molecule has 4 unspecified atom stereocenters. The highest BCUT2D eigenvalue weighted by atomic mass is 32.1. The number of anilines is 2. The smallest absolute Gasteiger partial charge is 0.238 e. The van der Waals surface area contributed by atoms with Gasteiger partial charge in [-0.05, 0) is 61.1 Å². The summed E-state index contributed by atoms with van der Waals surface area (Å²) in [5.41, 5.74) is 2.17. The molecule has 2 fully saturated rings. The van der Waals surface area contributed by atoms with Gasteiger partial charge in [0.25, 0.3) is 0 Å². The Morgan fingerprint density at radius 1 is 1.09 bits per heavy atom. The van der Waals surface area contributed by atoms with Crippen LogP contribution < -0.4 is 15.0 Å². The molecule has 3 aliphatic rings. The summed E-state index contributed by atoms with van der Waals surface area (Å²) in [7, 11) is 0. The van der Waals surface area contributed by atoms with Gasteiger partial charge in [0.05, 0.1) is 40.8 Å². The van der Waals surface area contributed by atoms with Crippen LogP contribution in [-0.2, 0) is 20.8 Å². The first kappa shape index (κ1) is 21.0. The van der Waals surface area contributed by atoms with Gasteiger partial charge in [0.2, 0.25) is 17.7 Å². The SMILES string of the molecule is CCOc1ccc2nc(NC(=O)Cc3ccc(N4C(=O)C5C6C=CC(C6)C5C4=O)cc3)sc2c1. The van der Waals surface area contributed by atoms with Crippen LogP contribution in [0.25, 0.3) is 10.2 Å². The summed E-state index contributed by atoms with van der Waals surface area (Å²) in [5, 5.41) is 3.40. The quantitative estimate of drug-likeness (QED) is 0.428. The summed E-state index contributed by atoms with van der Waals surface area (Å²) in [6, 6.07) is 12.8. The van der Waals surface area contributed by atoms with E-state index < -0.39 is 0 Å². The Morgan fingerprint density at radius 3 is 2.47 bits per heavy atom. The number of nitrogens with zero attached hydrogens (tertiary/aromatic N) is 2. The number of rotatable bonds is 6. The first-order chi connectivity index (χ1) is 16.5. The molecule has 1 aliphatic heterocycles. The Kier molecular flexibility index (Phi) is 4.99. The third-order valence-electron chi connectivity index (χ3n) is 6.95. The Hall–Kier alpha value is -3.52. The van der Waals surface area contributed by atoms with Crippen LogP contribution in [-0.4, -0.2) is 29.3 Å². The lowest BCUT2D eigenvalue weighted by Crippen LogP contribution is -2.32. The van der Waals surface area contributed by atoms with E-state index in [1.165, 1.54) is 16.2 Å². The number of allylic oxidation sites excluding steroid dienone is 2. The van der Waals surface area contributed by atoms with Crippen LogP contribution >= 0.6 is 11.3 Å². The molecular formula is C26H23N3O4S.